The number of furan rings is 1. The van der Waals surface area contributed by atoms with Crippen molar-refractivity contribution in [1.82, 2.24) is 4.98 Å². The highest BCUT2D eigenvalue weighted by atomic mass is 16.6. The first kappa shape index (κ1) is 12.9. The van der Waals surface area contributed by atoms with Gasteiger partial charge in [-0.2, -0.15) is 0 Å². The Balaban J connectivity index is 2.22. The van der Waals surface area contributed by atoms with Crippen molar-refractivity contribution >= 4 is 16.8 Å². The van der Waals surface area contributed by atoms with Gasteiger partial charge in [-0.3, -0.25) is 10.1 Å². The lowest BCUT2D eigenvalue weighted by atomic mass is 10.1. The van der Waals surface area contributed by atoms with Crippen LogP contribution in [0.25, 0.3) is 22.6 Å². The fraction of sp³-hybridized carbons (Fsp3) is 0.0769. The number of aromatic hydroxyl groups is 1. The number of nitrogens with zero attached hydrogens (tertiary/aromatic N) is 2. The summed E-state index contributed by atoms with van der Waals surface area (Å²) in [6.07, 6.45) is 0. The van der Waals surface area contributed by atoms with Gasteiger partial charge in [0, 0.05) is 6.07 Å². The molecule has 0 saturated carbocycles. The Morgan fingerprint density at radius 2 is 2.05 bits per heavy atom. The van der Waals surface area contributed by atoms with E-state index in [1.807, 2.05) is 0 Å². The van der Waals surface area contributed by atoms with Gasteiger partial charge in [0.25, 0.3) is 5.89 Å². The van der Waals surface area contributed by atoms with Gasteiger partial charge in [-0.15, -0.1) is 0 Å². The summed E-state index contributed by atoms with van der Waals surface area (Å²) < 4.78 is 9.93. The monoisotopic (exact) mass is 288 g/mol. The minimum absolute atomic E-state index is 0.0167. The quantitative estimate of drug-likeness (QED) is 0.567. The standard InChI is InChI=1S/C13H8N2O6/c1-6-4-7-8(5-9(6)16)14-12(21-13(7)17)10-2-3-11(20-10)15(18)19/h2-5,16H,1H3. The molecular formula is C13H8N2O6. The van der Waals surface area contributed by atoms with Gasteiger partial charge in [-0.25, -0.2) is 9.78 Å². The normalized spacial score (nSPS) is 10.9. The van der Waals surface area contributed by atoms with Crippen LogP contribution in [0.15, 0.2) is 37.9 Å². The van der Waals surface area contributed by atoms with Gasteiger partial charge in [0.2, 0.25) is 0 Å². The largest absolute Gasteiger partial charge is 0.508 e. The molecule has 0 radical (unpaired) electrons. The number of aryl methyl sites for hydroxylation is 1. The van der Waals surface area contributed by atoms with E-state index in [0.29, 0.717) is 5.56 Å². The Hall–Kier alpha value is -3.16. The lowest BCUT2D eigenvalue weighted by Crippen LogP contribution is -2.03. The lowest BCUT2D eigenvalue weighted by molar-refractivity contribution is -0.401. The van der Waals surface area contributed by atoms with Crippen LogP contribution in [0.1, 0.15) is 5.56 Å². The molecule has 8 heteroatoms. The molecule has 0 spiro atoms. The topological polar surface area (TPSA) is 120 Å². The minimum Gasteiger partial charge on any atom is -0.508 e. The summed E-state index contributed by atoms with van der Waals surface area (Å²) in [6, 6.07) is 5.19. The summed E-state index contributed by atoms with van der Waals surface area (Å²) in [5.74, 6) is -0.733. The first-order valence-electron chi connectivity index (χ1n) is 5.85. The third-order valence-electron chi connectivity index (χ3n) is 2.93. The van der Waals surface area contributed by atoms with Crippen molar-refractivity contribution in [2.24, 2.45) is 0 Å². The Labute approximate surface area is 116 Å². The van der Waals surface area contributed by atoms with Crippen LogP contribution in [0, 0.1) is 17.0 Å². The molecule has 0 aliphatic heterocycles. The van der Waals surface area contributed by atoms with Crippen LogP contribution in [-0.4, -0.2) is 15.0 Å². The van der Waals surface area contributed by atoms with Crippen molar-refractivity contribution in [1.29, 1.82) is 0 Å². The molecule has 106 valence electrons. The molecule has 0 fully saturated rings. The smallest absolute Gasteiger partial charge is 0.433 e. The molecule has 2 aromatic heterocycles. The molecule has 0 saturated heterocycles. The summed E-state index contributed by atoms with van der Waals surface area (Å²) in [5.41, 5.74) is 0.0542. The molecule has 0 atom stereocenters. The Morgan fingerprint density at radius 3 is 2.71 bits per heavy atom. The molecule has 2 heterocycles. The third-order valence-corrected chi connectivity index (χ3v) is 2.93. The molecule has 1 aromatic carbocycles. The molecule has 0 aliphatic rings. The molecule has 0 bridgehead atoms. The number of rotatable bonds is 2. The number of hydrogen-bond acceptors (Lipinski definition) is 7. The third kappa shape index (κ3) is 2.12. The van der Waals surface area contributed by atoms with E-state index in [2.05, 4.69) is 4.98 Å². The fourth-order valence-electron chi connectivity index (χ4n) is 1.86. The van der Waals surface area contributed by atoms with Crippen molar-refractivity contribution in [2.75, 3.05) is 0 Å². The summed E-state index contributed by atoms with van der Waals surface area (Å²) >= 11 is 0. The maximum Gasteiger partial charge on any atom is 0.433 e. The fourth-order valence-corrected chi connectivity index (χ4v) is 1.86. The van der Waals surface area contributed by atoms with Crippen LogP contribution in [0.2, 0.25) is 0 Å². The van der Waals surface area contributed by atoms with Crippen molar-refractivity contribution in [3.05, 3.63) is 50.4 Å². The average Bonchev–Trinajstić information content (AvgIpc) is 2.91. The number of fused-ring (bicyclic) bond motifs is 1. The van der Waals surface area contributed by atoms with Gasteiger partial charge in [-0.1, -0.05) is 0 Å². The lowest BCUT2D eigenvalue weighted by Gasteiger charge is -2.02. The number of phenolic OH excluding ortho intramolecular Hbond substituents is 1. The Kier molecular flexibility index (Phi) is 2.72. The van der Waals surface area contributed by atoms with Crippen LogP contribution in [-0.2, 0) is 0 Å². The second kappa shape index (κ2) is 4.44. The van der Waals surface area contributed by atoms with Gasteiger partial charge in [0.05, 0.1) is 17.0 Å². The van der Waals surface area contributed by atoms with Crippen molar-refractivity contribution in [3.63, 3.8) is 0 Å². The number of aromatic nitrogens is 1. The molecule has 21 heavy (non-hydrogen) atoms. The number of hydrogen-bond donors (Lipinski definition) is 1. The van der Waals surface area contributed by atoms with E-state index in [4.69, 9.17) is 8.83 Å². The molecule has 0 aliphatic carbocycles. The first-order chi connectivity index (χ1) is 9.95. The van der Waals surface area contributed by atoms with E-state index in [0.717, 1.165) is 6.07 Å². The van der Waals surface area contributed by atoms with Crippen molar-refractivity contribution in [2.45, 2.75) is 6.92 Å². The second-order valence-electron chi connectivity index (χ2n) is 4.36. The molecule has 1 N–H and O–H groups in total. The summed E-state index contributed by atoms with van der Waals surface area (Å²) in [4.78, 5) is 25.8. The molecular weight excluding hydrogens is 280 g/mol. The zero-order valence-corrected chi connectivity index (χ0v) is 10.7. The van der Waals surface area contributed by atoms with E-state index in [-0.39, 0.29) is 28.3 Å². The number of phenols is 1. The highest BCUT2D eigenvalue weighted by molar-refractivity contribution is 5.81. The highest BCUT2D eigenvalue weighted by Crippen LogP contribution is 2.27. The molecule has 8 nitrogen and oxygen atoms in total. The molecule has 3 aromatic rings. The summed E-state index contributed by atoms with van der Waals surface area (Å²) in [7, 11) is 0. The summed E-state index contributed by atoms with van der Waals surface area (Å²) in [6.45, 7) is 1.64. The Morgan fingerprint density at radius 1 is 1.29 bits per heavy atom. The van der Waals surface area contributed by atoms with Gasteiger partial charge < -0.3 is 13.9 Å². The average molecular weight is 288 g/mol. The van der Waals surface area contributed by atoms with E-state index >= 15 is 0 Å². The first-order valence-corrected chi connectivity index (χ1v) is 5.85. The number of nitro groups is 1. The van der Waals surface area contributed by atoms with E-state index in [1.165, 1.54) is 18.2 Å². The second-order valence-corrected chi connectivity index (χ2v) is 4.36. The van der Waals surface area contributed by atoms with E-state index in [9.17, 15) is 20.0 Å². The van der Waals surface area contributed by atoms with Crippen molar-refractivity contribution in [3.8, 4) is 17.4 Å². The predicted octanol–water partition coefficient (Wildman–Crippen LogP) is 2.37. The van der Waals surface area contributed by atoms with Crippen LogP contribution >= 0.6 is 0 Å². The van der Waals surface area contributed by atoms with Crippen LogP contribution in [0.4, 0.5) is 5.88 Å². The molecule has 3 rings (SSSR count). The van der Waals surface area contributed by atoms with E-state index < -0.39 is 16.4 Å². The maximum atomic E-state index is 11.9. The van der Waals surface area contributed by atoms with Crippen molar-refractivity contribution < 1.29 is 18.9 Å². The van der Waals surface area contributed by atoms with Gasteiger partial charge in [0.1, 0.15) is 10.7 Å². The zero-order chi connectivity index (χ0) is 15.1. The molecule has 0 unspecified atom stereocenters. The minimum atomic E-state index is -0.710. The predicted molar refractivity (Wildman–Crippen MR) is 71.0 cm³/mol. The number of benzene rings is 1. The van der Waals surface area contributed by atoms with Gasteiger partial charge in [-0.05, 0) is 24.6 Å². The van der Waals surface area contributed by atoms with Crippen LogP contribution < -0.4 is 5.63 Å². The zero-order valence-electron chi connectivity index (χ0n) is 10.7. The maximum absolute atomic E-state index is 11.9. The van der Waals surface area contributed by atoms with Crippen LogP contribution in [0.5, 0.6) is 5.75 Å². The van der Waals surface area contributed by atoms with Gasteiger partial charge >= 0.3 is 11.5 Å². The summed E-state index contributed by atoms with van der Waals surface area (Å²) in [5, 5.41) is 20.4. The highest BCUT2D eigenvalue weighted by Gasteiger charge is 2.17. The van der Waals surface area contributed by atoms with E-state index in [1.54, 1.807) is 6.92 Å². The van der Waals surface area contributed by atoms with Gasteiger partial charge in [0.15, 0.2) is 5.76 Å². The molecule has 0 amide bonds. The Bertz CT molecular complexity index is 924. The SMILES string of the molecule is Cc1cc2c(=O)oc(-c3ccc([N+](=O)[O-])o3)nc2cc1O. The van der Waals surface area contributed by atoms with Crippen LogP contribution in [0.3, 0.4) is 0 Å².